The highest BCUT2D eigenvalue weighted by Gasteiger charge is 2.27. The molecule has 1 saturated heterocycles. The molecule has 0 aliphatic carbocycles. The predicted octanol–water partition coefficient (Wildman–Crippen LogP) is 1.79. The number of rotatable bonds is 2. The number of amides is 1. The molecule has 0 spiro atoms. The summed E-state index contributed by atoms with van der Waals surface area (Å²) in [6.45, 7) is 0.515. The first-order valence-corrected chi connectivity index (χ1v) is 6.60. The molecule has 19 heavy (non-hydrogen) atoms. The highest BCUT2D eigenvalue weighted by Crippen LogP contribution is 2.22. The molecule has 1 heterocycles. The van der Waals surface area contributed by atoms with Crippen LogP contribution in [0.3, 0.4) is 0 Å². The largest absolute Gasteiger partial charge is 0.398 e. The minimum atomic E-state index is -0.479. The van der Waals surface area contributed by atoms with E-state index in [4.69, 9.17) is 5.73 Å². The van der Waals surface area contributed by atoms with Crippen LogP contribution in [0.4, 0.5) is 10.1 Å². The van der Waals surface area contributed by atoms with Gasteiger partial charge in [-0.25, -0.2) is 4.39 Å². The molecule has 0 radical (unpaired) electrons. The zero-order valence-electron chi connectivity index (χ0n) is 10.8. The molecule has 0 aromatic heterocycles. The van der Waals surface area contributed by atoms with Crippen LogP contribution < -0.4 is 5.73 Å². The quantitative estimate of drug-likeness (QED) is 0.802. The Morgan fingerprint density at radius 3 is 2.95 bits per heavy atom. The molecule has 104 valence electrons. The lowest BCUT2D eigenvalue weighted by Gasteiger charge is -2.29. The van der Waals surface area contributed by atoms with E-state index in [0.717, 1.165) is 31.7 Å². The first-order valence-electron chi connectivity index (χ1n) is 6.60. The van der Waals surface area contributed by atoms with Crippen LogP contribution in [-0.2, 0) is 0 Å². The summed E-state index contributed by atoms with van der Waals surface area (Å²) >= 11 is 0. The molecule has 1 fully saturated rings. The summed E-state index contributed by atoms with van der Waals surface area (Å²) in [6, 6.07) is 3.60. The number of nitrogens with two attached hydrogens (primary N) is 1. The van der Waals surface area contributed by atoms with Gasteiger partial charge in [-0.3, -0.25) is 4.79 Å². The van der Waals surface area contributed by atoms with Crippen molar-refractivity contribution in [1.82, 2.24) is 4.90 Å². The second-order valence-corrected chi connectivity index (χ2v) is 4.92. The van der Waals surface area contributed by atoms with E-state index in [1.165, 1.54) is 12.1 Å². The topological polar surface area (TPSA) is 66.6 Å². The molecule has 4 nitrogen and oxygen atoms in total. The molecule has 1 aromatic rings. The number of halogens is 1. The first kappa shape index (κ1) is 13.8. The molecule has 5 heteroatoms. The van der Waals surface area contributed by atoms with Gasteiger partial charge in [0, 0.05) is 12.2 Å². The predicted molar refractivity (Wildman–Crippen MR) is 71.2 cm³/mol. The standard InChI is InChI=1S/C14H19FN2O2/c15-10-5-6-13(16)12(8-10)14(19)17-7-3-1-2-4-11(17)9-18/h5-6,8,11,18H,1-4,7,9,16H2. The van der Waals surface area contributed by atoms with Crippen LogP contribution in [0.5, 0.6) is 0 Å². The summed E-state index contributed by atoms with van der Waals surface area (Å²) in [6.07, 6.45) is 3.71. The Bertz CT molecular complexity index is 465. The van der Waals surface area contributed by atoms with Crippen LogP contribution in [0.25, 0.3) is 0 Å². The maximum atomic E-state index is 13.3. The number of aliphatic hydroxyl groups excluding tert-OH is 1. The monoisotopic (exact) mass is 266 g/mol. The Morgan fingerprint density at radius 1 is 1.42 bits per heavy atom. The van der Waals surface area contributed by atoms with Crippen molar-refractivity contribution in [2.45, 2.75) is 31.7 Å². The highest BCUT2D eigenvalue weighted by atomic mass is 19.1. The fourth-order valence-electron chi connectivity index (χ4n) is 2.50. The molecule has 1 atom stereocenters. The maximum absolute atomic E-state index is 13.3. The number of benzene rings is 1. The zero-order valence-corrected chi connectivity index (χ0v) is 10.8. The van der Waals surface area contributed by atoms with E-state index in [9.17, 15) is 14.3 Å². The molecule has 2 rings (SSSR count). The number of anilines is 1. The minimum Gasteiger partial charge on any atom is -0.398 e. The smallest absolute Gasteiger partial charge is 0.256 e. The van der Waals surface area contributed by atoms with E-state index >= 15 is 0 Å². The van der Waals surface area contributed by atoms with E-state index < -0.39 is 5.82 Å². The number of likely N-dealkylation sites (tertiary alicyclic amines) is 1. The number of nitrogens with zero attached hydrogens (tertiary/aromatic N) is 1. The molecule has 0 saturated carbocycles. The highest BCUT2D eigenvalue weighted by molar-refractivity contribution is 5.99. The summed E-state index contributed by atoms with van der Waals surface area (Å²) < 4.78 is 13.3. The summed E-state index contributed by atoms with van der Waals surface area (Å²) in [5.74, 6) is -0.772. The average molecular weight is 266 g/mol. The summed E-state index contributed by atoms with van der Waals surface area (Å²) in [5.41, 5.74) is 6.20. The Balaban J connectivity index is 2.27. The van der Waals surface area contributed by atoms with Gasteiger partial charge in [0.15, 0.2) is 0 Å². The van der Waals surface area contributed by atoms with Crippen molar-refractivity contribution in [3.63, 3.8) is 0 Å². The van der Waals surface area contributed by atoms with E-state index in [-0.39, 0.29) is 29.8 Å². The summed E-state index contributed by atoms with van der Waals surface area (Å²) in [7, 11) is 0. The van der Waals surface area contributed by atoms with Crippen molar-refractivity contribution in [2.24, 2.45) is 0 Å². The Morgan fingerprint density at radius 2 is 2.21 bits per heavy atom. The van der Waals surface area contributed by atoms with E-state index in [2.05, 4.69) is 0 Å². The second kappa shape index (κ2) is 6.02. The second-order valence-electron chi connectivity index (χ2n) is 4.92. The van der Waals surface area contributed by atoms with Crippen LogP contribution in [0.1, 0.15) is 36.0 Å². The molecule has 1 aliphatic heterocycles. The van der Waals surface area contributed by atoms with Gasteiger partial charge in [-0.1, -0.05) is 12.8 Å². The lowest BCUT2D eigenvalue weighted by atomic mass is 10.1. The van der Waals surface area contributed by atoms with Crippen molar-refractivity contribution >= 4 is 11.6 Å². The van der Waals surface area contributed by atoms with Crippen molar-refractivity contribution in [1.29, 1.82) is 0 Å². The number of aliphatic hydroxyl groups is 1. The molecular formula is C14H19FN2O2. The van der Waals surface area contributed by atoms with Crippen LogP contribution in [-0.4, -0.2) is 35.1 Å². The molecule has 1 unspecified atom stereocenters. The third-order valence-electron chi connectivity index (χ3n) is 3.59. The van der Waals surface area contributed by atoms with Crippen LogP contribution in [0.2, 0.25) is 0 Å². The van der Waals surface area contributed by atoms with Gasteiger partial charge >= 0.3 is 0 Å². The maximum Gasteiger partial charge on any atom is 0.256 e. The average Bonchev–Trinajstić information content (AvgIpc) is 2.65. The molecule has 1 aliphatic rings. The van der Waals surface area contributed by atoms with Gasteiger partial charge in [-0.2, -0.15) is 0 Å². The van der Waals surface area contributed by atoms with Crippen molar-refractivity contribution in [2.75, 3.05) is 18.9 Å². The molecule has 1 aromatic carbocycles. The van der Waals surface area contributed by atoms with Gasteiger partial charge in [-0.15, -0.1) is 0 Å². The Labute approximate surface area is 112 Å². The van der Waals surface area contributed by atoms with Gasteiger partial charge < -0.3 is 15.7 Å². The molecule has 3 N–H and O–H groups in total. The van der Waals surface area contributed by atoms with Gasteiger partial charge in [0.25, 0.3) is 5.91 Å². The molecule has 0 bridgehead atoms. The number of hydrogen-bond donors (Lipinski definition) is 2. The van der Waals surface area contributed by atoms with Crippen molar-refractivity contribution in [3.8, 4) is 0 Å². The van der Waals surface area contributed by atoms with Crippen LogP contribution in [0.15, 0.2) is 18.2 Å². The van der Waals surface area contributed by atoms with Crippen molar-refractivity contribution < 1.29 is 14.3 Å². The van der Waals surface area contributed by atoms with Crippen LogP contribution >= 0.6 is 0 Å². The van der Waals surface area contributed by atoms with E-state index in [1.807, 2.05) is 0 Å². The van der Waals surface area contributed by atoms with Gasteiger partial charge in [-0.05, 0) is 31.0 Å². The number of nitrogen functional groups attached to an aromatic ring is 1. The first-order chi connectivity index (χ1) is 9.13. The fourth-order valence-corrected chi connectivity index (χ4v) is 2.50. The number of hydrogen-bond acceptors (Lipinski definition) is 3. The summed E-state index contributed by atoms with van der Waals surface area (Å²) in [5, 5.41) is 9.41. The van der Waals surface area contributed by atoms with Crippen molar-refractivity contribution in [3.05, 3.63) is 29.6 Å². The van der Waals surface area contributed by atoms with Gasteiger partial charge in [0.2, 0.25) is 0 Å². The zero-order chi connectivity index (χ0) is 13.8. The molecular weight excluding hydrogens is 247 g/mol. The minimum absolute atomic E-state index is 0.0685. The lowest BCUT2D eigenvalue weighted by Crippen LogP contribution is -2.42. The third-order valence-corrected chi connectivity index (χ3v) is 3.59. The van der Waals surface area contributed by atoms with E-state index in [0.29, 0.717) is 6.54 Å². The Kier molecular flexibility index (Phi) is 4.37. The number of carbonyl (C=O) groups is 1. The molecule has 1 amide bonds. The van der Waals surface area contributed by atoms with Crippen LogP contribution in [0, 0.1) is 5.82 Å². The van der Waals surface area contributed by atoms with E-state index in [1.54, 1.807) is 4.90 Å². The third kappa shape index (κ3) is 3.04. The Hall–Kier alpha value is -1.62. The number of carbonyl (C=O) groups excluding carboxylic acids is 1. The SMILES string of the molecule is Nc1ccc(F)cc1C(=O)N1CCCCCC1CO. The lowest BCUT2D eigenvalue weighted by molar-refractivity contribution is 0.0600. The fraction of sp³-hybridized carbons (Fsp3) is 0.500. The van der Waals surface area contributed by atoms with Gasteiger partial charge in [0.05, 0.1) is 18.2 Å². The summed E-state index contributed by atoms with van der Waals surface area (Å²) in [4.78, 5) is 14.1. The normalized spacial score (nSPS) is 20.1. The van der Waals surface area contributed by atoms with Gasteiger partial charge in [0.1, 0.15) is 5.82 Å².